The number of halogens is 1. The molecule has 0 saturated heterocycles. The predicted molar refractivity (Wildman–Crippen MR) is 88.6 cm³/mol. The average Bonchev–Trinajstić information content (AvgIpc) is 3.18. The highest BCUT2D eigenvalue weighted by Crippen LogP contribution is 2.34. The highest BCUT2D eigenvalue weighted by atomic mass is 35.5. The number of thiophene rings is 1. The van der Waals surface area contributed by atoms with Crippen LogP contribution in [0.15, 0.2) is 51.3 Å². The summed E-state index contributed by atoms with van der Waals surface area (Å²) in [6.07, 6.45) is 1.50. The SMILES string of the molecule is COc1ccc(Cl)cc1NS(=O)(=O)c1ccc(-c2ccno2)s1. The maximum Gasteiger partial charge on any atom is 0.271 e. The van der Waals surface area contributed by atoms with E-state index < -0.39 is 10.0 Å². The molecule has 0 aliphatic heterocycles. The van der Waals surface area contributed by atoms with Crippen molar-refractivity contribution in [2.24, 2.45) is 0 Å². The van der Waals surface area contributed by atoms with Crippen LogP contribution >= 0.6 is 22.9 Å². The van der Waals surface area contributed by atoms with E-state index in [9.17, 15) is 8.42 Å². The lowest BCUT2D eigenvalue weighted by molar-refractivity contribution is 0.417. The maximum absolute atomic E-state index is 12.5. The number of ether oxygens (including phenoxy) is 1. The van der Waals surface area contributed by atoms with Crippen molar-refractivity contribution in [3.05, 3.63) is 47.6 Å². The number of hydrogen-bond donors (Lipinski definition) is 1. The van der Waals surface area contributed by atoms with Crippen LogP contribution in [0, 0.1) is 0 Å². The van der Waals surface area contributed by atoms with E-state index in [2.05, 4.69) is 9.88 Å². The molecule has 0 fully saturated rings. The van der Waals surface area contributed by atoms with Gasteiger partial charge in [0.1, 0.15) is 9.96 Å². The number of anilines is 1. The monoisotopic (exact) mass is 370 g/mol. The van der Waals surface area contributed by atoms with Crippen molar-refractivity contribution in [3.63, 3.8) is 0 Å². The van der Waals surface area contributed by atoms with Crippen LogP contribution in [-0.2, 0) is 10.0 Å². The van der Waals surface area contributed by atoms with Crippen LogP contribution in [0.4, 0.5) is 5.69 Å². The zero-order valence-electron chi connectivity index (χ0n) is 11.8. The Morgan fingerprint density at radius 2 is 2.09 bits per heavy atom. The fraction of sp³-hybridized carbons (Fsp3) is 0.0714. The van der Waals surface area contributed by atoms with Crippen molar-refractivity contribution < 1.29 is 17.7 Å². The summed E-state index contributed by atoms with van der Waals surface area (Å²) < 4.78 is 37.8. The van der Waals surface area contributed by atoms with Gasteiger partial charge in [-0.3, -0.25) is 4.72 Å². The summed E-state index contributed by atoms with van der Waals surface area (Å²) in [5.74, 6) is 0.891. The molecule has 0 saturated carbocycles. The number of hydrogen-bond acceptors (Lipinski definition) is 6. The van der Waals surface area contributed by atoms with Crippen LogP contribution in [0.2, 0.25) is 5.02 Å². The minimum absolute atomic E-state index is 0.144. The van der Waals surface area contributed by atoms with Crippen LogP contribution in [0.25, 0.3) is 10.6 Å². The molecular formula is C14H11ClN2O4S2. The number of aromatic nitrogens is 1. The van der Waals surface area contributed by atoms with Crippen LogP contribution < -0.4 is 9.46 Å². The van der Waals surface area contributed by atoms with E-state index in [-0.39, 0.29) is 9.90 Å². The van der Waals surface area contributed by atoms with E-state index in [4.69, 9.17) is 20.9 Å². The number of methoxy groups -OCH3 is 1. The molecule has 2 heterocycles. The third-order valence-electron chi connectivity index (χ3n) is 2.93. The number of rotatable bonds is 5. The van der Waals surface area contributed by atoms with E-state index in [1.54, 1.807) is 24.3 Å². The second kappa shape index (κ2) is 6.23. The van der Waals surface area contributed by atoms with Crippen molar-refractivity contribution in [2.75, 3.05) is 11.8 Å². The third kappa shape index (κ3) is 3.34. The van der Waals surface area contributed by atoms with Crippen LogP contribution in [0.1, 0.15) is 0 Å². The summed E-state index contributed by atoms with van der Waals surface area (Å²) in [6, 6.07) is 9.52. The maximum atomic E-state index is 12.5. The number of nitrogens with one attached hydrogen (secondary N) is 1. The Labute approximate surface area is 141 Å². The summed E-state index contributed by atoms with van der Waals surface area (Å²) >= 11 is 6.99. The highest BCUT2D eigenvalue weighted by Gasteiger charge is 2.20. The van der Waals surface area contributed by atoms with E-state index in [1.165, 1.54) is 25.4 Å². The molecule has 6 nitrogen and oxygen atoms in total. The van der Waals surface area contributed by atoms with Gasteiger partial charge in [0.25, 0.3) is 10.0 Å². The predicted octanol–water partition coefficient (Wildman–Crippen LogP) is 3.87. The summed E-state index contributed by atoms with van der Waals surface area (Å²) in [4.78, 5) is 0.668. The van der Waals surface area contributed by atoms with Crippen LogP contribution in [0.5, 0.6) is 5.75 Å². The molecule has 2 aromatic heterocycles. The molecular weight excluding hydrogens is 360 g/mol. The molecule has 120 valence electrons. The average molecular weight is 371 g/mol. The normalized spacial score (nSPS) is 11.4. The first-order valence-electron chi connectivity index (χ1n) is 6.37. The van der Waals surface area contributed by atoms with E-state index >= 15 is 0 Å². The molecule has 1 aromatic carbocycles. The topological polar surface area (TPSA) is 81.4 Å². The summed E-state index contributed by atoms with van der Waals surface area (Å²) in [6.45, 7) is 0. The van der Waals surface area contributed by atoms with Gasteiger partial charge in [-0.1, -0.05) is 16.8 Å². The van der Waals surface area contributed by atoms with Gasteiger partial charge < -0.3 is 9.26 Å². The first-order valence-corrected chi connectivity index (χ1v) is 9.04. The lowest BCUT2D eigenvalue weighted by Crippen LogP contribution is -2.12. The molecule has 0 radical (unpaired) electrons. The van der Waals surface area contributed by atoms with E-state index in [0.717, 1.165) is 11.3 Å². The minimum atomic E-state index is -3.77. The second-order valence-electron chi connectivity index (χ2n) is 4.45. The molecule has 0 atom stereocenters. The first kappa shape index (κ1) is 15.9. The van der Waals surface area contributed by atoms with E-state index in [0.29, 0.717) is 21.4 Å². The van der Waals surface area contributed by atoms with Gasteiger partial charge in [-0.25, -0.2) is 8.42 Å². The molecule has 3 aromatic rings. The molecule has 9 heteroatoms. The quantitative estimate of drug-likeness (QED) is 0.737. The van der Waals surface area contributed by atoms with Gasteiger partial charge in [0.2, 0.25) is 0 Å². The number of nitrogens with zero attached hydrogens (tertiary/aromatic N) is 1. The number of benzene rings is 1. The largest absolute Gasteiger partial charge is 0.495 e. The molecule has 23 heavy (non-hydrogen) atoms. The standard InChI is InChI=1S/C14H11ClN2O4S2/c1-20-11-3-2-9(15)8-10(11)17-23(18,19)14-5-4-13(22-14)12-6-7-16-21-12/h2-8,17H,1H3. The summed E-state index contributed by atoms with van der Waals surface area (Å²) in [5.41, 5.74) is 0.273. The Bertz CT molecular complexity index is 920. The Kier molecular flexibility index (Phi) is 4.29. The minimum Gasteiger partial charge on any atom is -0.495 e. The van der Waals surface area contributed by atoms with Crippen molar-refractivity contribution >= 4 is 38.6 Å². The second-order valence-corrected chi connectivity index (χ2v) is 7.87. The highest BCUT2D eigenvalue weighted by molar-refractivity contribution is 7.94. The molecule has 3 rings (SSSR count). The Hall–Kier alpha value is -2.03. The lowest BCUT2D eigenvalue weighted by Gasteiger charge is -2.11. The Morgan fingerprint density at radius 1 is 1.26 bits per heavy atom. The van der Waals surface area contributed by atoms with Crippen molar-refractivity contribution in [2.45, 2.75) is 4.21 Å². The fourth-order valence-electron chi connectivity index (χ4n) is 1.89. The van der Waals surface area contributed by atoms with Gasteiger partial charge in [0, 0.05) is 11.1 Å². The lowest BCUT2D eigenvalue weighted by atomic mass is 10.3. The molecule has 0 spiro atoms. The molecule has 0 unspecified atom stereocenters. The summed E-state index contributed by atoms with van der Waals surface area (Å²) in [7, 11) is -2.31. The van der Waals surface area contributed by atoms with Gasteiger partial charge in [-0.05, 0) is 30.3 Å². The fourth-order valence-corrected chi connectivity index (χ4v) is 4.39. The first-order chi connectivity index (χ1) is 11.0. The smallest absolute Gasteiger partial charge is 0.271 e. The zero-order chi connectivity index (χ0) is 16.4. The molecule has 1 N–H and O–H groups in total. The number of sulfonamides is 1. The summed E-state index contributed by atoms with van der Waals surface area (Å²) in [5, 5.41) is 4.01. The van der Waals surface area contributed by atoms with Gasteiger partial charge >= 0.3 is 0 Å². The molecule has 0 bridgehead atoms. The molecule has 0 aliphatic carbocycles. The molecule has 0 aliphatic rings. The van der Waals surface area contributed by atoms with Crippen molar-refractivity contribution in [1.29, 1.82) is 0 Å². The van der Waals surface area contributed by atoms with Gasteiger partial charge in [-0.2, -0.15) is 0 Å². The zero-order valence-corrected chi connectivity index (χ0v) is 14.2. The van der Waals surface area contributed by atoms with Gasteiger partial charge in [0.15, 0.2) is 5.76 Å². The van der Waals surface area contributed by atoms with Crippen LogP contribution in [0.3, 0.4) is 0 Å². The molecule has 0 amide bonds. The Balaban J connectivity index is 1.92. The van der Waals surface area contributed by atoms with Gasteiger partial charge in [0.05, 0.1) is 23.9 Å². The van der Waals surface area contributed by atoms with Gasteiger partial charge in [-0.15, -0.1) is 11.3 Å². The Morgan fingerprint density at radius 3 is 2.78 bits per heavy atom. The third-order valence-corrected chi connectivity index (χ3v) is 6.12. The van der Waals surface area contributed by atoms with Crippen molar-refractivity contribution in [1.82, 2.24) is 5.16 Å². The van der Waals surface area contributed by atoms with E-state index in [1.807, 2.05) is 0 Å². The van der Waals surface area contributed by atoms with Crippen molar-refractivity contribution in [3.8, 4) is 16.4 Å². The van der Waals surface area contributed by atoms with Crippen LogP contribution in [-0.4, -0.2) is 20.7 Å².